The van der Waals surface area contributed by atoms with E-state index in [1.54, 1.807) is 36.4 Å². The lowest BCUT2D eigenvalue weighted by Crippen LogP contribution is -2.17. The van der Waals surface area contributed by atoms with Crippen LogP contribution in [0.5, 0.6) is 11.5 Å². The molecule has 0 aliphatic rings. The number of anilines is 2. The monoisotopic (exact) mass is 584 g/mol. The molecule has 0 atom stereocenters. The van der Waals surface area contributed by atoms with Gasteiger partial charge >= 0.3 is 5.97 Å². The minimum absolute atomic E-state index is 0.193. The van der Waals surface area contributed by atoms with Gasteiger partial charge in [-0.2, -0.15) is 5.10 Å². The van der Waals surface area contributed by atoms with Crippen LogP contribution in [0.15, 0.2) is 71.1 Å². The van der Waals surface area contributed by atoms with Crippen LogP contribution >= 0.6 is 34.5 Å². The average molecular weight is 585 g/mol. The van der Waals surface area contributed by atoms with Crippen molar-refractivity contribution in [1.82, 2.24) is 10.4 Å². The molecular weight excluding hydrogens is 563 g/mol. The second-order valence-electron chi connectivity index (χ2n) is 7.85. The number of hydrazone groups is 1. The van der Waals surface area contributed by atoms with Gasteiger partial charge in [-0.1, -0.05) is 35.3 Å². The summed E-state index contributed by atoms with van der Waals surface area (Å²) in [6, 6.07) is 17.5. The minimum atomic E-state index is -0.558. The third kappa shape index (κ3) is 7.47. The molecule has 2 N–H and O–H groups in total. The molecule has 4 rings (SSSR count). The predicted molar refractivity (Wildman–Crippen MR) is 153 cm³/mol. The van der Waals surface area contributed by atoms with Crippen LogP contribution in [0.4, 0.5) is 10.8 Å². The molecule has 0 bridgehead atoms. The third-order valence-electron chi connectivity index (χ3n) is 5.24. The smallest absolute Gasteiger partial charge is 0.343 e. The number of methoxy groups -OCH3 is 2. The zero-order valence-electron chi connectivity index (χ0n) is 20.7. The highest BCUT2D eigenvalue weighted by Crippen LogP contribution is 2.36. The molecule has 0 spiro atoms. The number of carbonyl (C=O) groups is 2. The maximum absolute atomic E-state index is 12.6. The molecule has 0 unspecified atom stereocenters. The number of hydrogen-bond donors (Lipinski definition) is 2. The molecule has 1 aromatic heterocycles. The van der Waals surface area contributed by atoms with E-state index >= 15 is 0 Å². The van der Waals surface area contributed by atoms with Gasteiger partial charge in [-0.3, -0.25) is 4.79 Å². The molecule has 12 heteroatoms. The molecule has 0 aliphatic carbocycles. The van der Waals surface area contributed by atoms with Crippen molar-refractivity contribution in [2.45, 2.75) is 0 Å². The summed E-state index contributed by atoms with van der Waals surface area (Å²) < 4.78 is 15.2. The van der Waals surface area contributed by atoms with Crippen molar-refractivity contribution in [3.05, 3.63) is 87.2 Å². The van der Waals surface area contributed by atoms with Crippen LogP contribution in [0.1, 0.15) is 15.9 Å². The first-order valence-corrected chi connectivity index (χ1v) is 13.0. The normalized spacial score (nSPS) is 10.8. The van der Waals surface area contributed by atoms with Crippen LogP contribution in [0.25, 0.3) is 11.3 Å². The van der Waals surface area contributed by atoms with E-state index in [9.17, 15) is 9.59 Å². The maximum Gasteiger partial charge on any atom is 0.343 e. The number of nitrogens with one attached hydrogen (secondary N) is 2. The summed E-state index contributed by atoms with van der Waals surface area (Å²) in [5.41, 5.74) is 5.99. The Morgan fingerprint density at radius 2 is 1.79 bits per heavy atom. The van der Waals surface area contributed by atoms with E-state index in [1.807, 2.05) is 29.6 Å². The summed E-state index contributed by atoms with van der Waals surface area (Å²) in [4.78, 5) is 28.5. The summed E-state index contributed by atoms with van der Waals surface area (Å²) >= 11 is 13.7. The standard InChI is InChI=1S/C27H22Cl2N4O5S/c1-36-23-12-16(11-21(29)25(23)38-14-24(34)37-2)13-30-33-26(35)18-5-3-17(4-6-18)22-15-39-27(32-22)31-20-9-7-19(28)8-10-20/h3-13,15H,14H2,1-2H3,(H,31,32)(H,33,35)/b30-13-. The van der Waals surface area contributed by atoms with E-state index in [1.165, 1.54) is 31.8 Å². The highest BCUT2D eigenvalue weighted by molar-refractivity contribution is 7.14. The van der Waals surface area contributed by atoms with E-state index in [2.05, 4.69) is 25.6 Å². The van der Waals surface area contributed by atoms with Crippen molar-refractivity contribution in [3.63, 3.8) is 0 Å². The first-order valence-electron chi connectivity index (χ1n) is 11.4. The second kappa shape index (κ2) is 13.1. The lowest BCUT2D eigenvalue weighted by Gasteiger charge is -2.12. The van der Waals surface area contributed by atoms with E-state index in [4.69, 9.17) is 32.7 Å². The summed E-state index contributed by atoms with van der Waals surface area (Å²) in [5, 5.41) is 10.8. The Morgan fingerprint density at radius 3 is 2.49 bits per heavy atom. The van der Waals surface area contributed by atoms with Gasteiger partial charge in [0.1, 0.15) is 0 Å². The van der Waals surface area contributed by atoms with Gasteiger partial charge in [0, 0.05) is 27.2 Å². The molecular formula is C27H22Cl2N4O5S. The van der Waals surface area contributed by atoms with Crippen molar-refractivity contribution in [1.29, 1.82) is 0 Å². The Hall–Kier alpha value is -4.12. The zero-order chi connectivity index (χ0) is 27.8. The molecule has 1 amide bonds. The van der Waals surface area contributed by atoms with Crippen molar-refractivity contribution in [2.75, 3.05) is 26.1 Å². The van der Waals surface area contributed by atoms with Gasteiger partial charge in [-0.15, -0.1) is 11.3 Å². The van der Waals surface area contributed by atoms with Gasteiger partial charge in [-0.05, 0) is 54.1 Å². The Kier molecular flexibility index (Phi) is 9.37. The lowest BCUT2D eigenvalue weighted by atomic mass is 10.1. The molecule has 200 valence electrons. The van der Waals surface area contributed by atoms with Crippen LogP contribution in [0, 0.1) is 0 Å². The highest BCUT2D eigenvalue weighted by atomic mass is 35.5. The molecule has 3 aromatic carbocycles. The Balaban J connectivity index is 1.36. The Morgan fingerprint density at radius 1 is 1.05 bits per heavy atom. The van der Waals surface area contributed by atoms with Gasteiger partial charge in [0.15, 0.2) is 23.2 Å². The van der Waals surface area contributed by atoms with E-state index < -0.39 is 11.9 Å². The highest BCUT2D eigenvalue weighted by Gasteiger charge is 2.14. The number of thiazole rings is 1. The Bertz CT molecular complexity index is 1490. The topological polar surface area (TPSA) is 111 Å². The first-order chi connectivity index (χ1) is 18.9. The number of hydrogen-bond acceptors (Lipinski definition) is 9. The predicted octanol–water partition coefficient (Wildman–Crippen LogP) is 6.18. The van der Waals surface area contributed by atoms with Crippen molar-refractivity contribution in [3.8, 4) is 22.8 Å². The minimum Gasteiger partial charge on any atom is -0.493 e. The van der Waals surface area contributed by atoms with Gasteiger partial charge < -0.3 is 19.5 Å². The Labute approximate surface area is 238 Å². The molecule has 0 fully saturated rings. The largest absolute Gasteiger partial charge is 0.493 e. The fourth-order valence-corrected chi connectivity index (χ4v) is 4.43. The quantitative estimate of drug-likeness (QED) is 0.130. The van der Waals surface area contributed by atoms with E-state index in [0.29, 0.717) is 21.9 Å². The molecule has 0 aliphatic heterocycles. The van der Waals surface area contributed by atoms with Gasteiger partial charge in [0.2, 0.25) is 0 Å². The first kappa shape index (κ1) is 27.9. The number of amides is 1. The van der Waals surface area contributed by atoms with Crippen molar-refractivity contribution in [2.24, 2.45) is 5.10 Å². The molecule has 9 nitrogen and oxygen atoms in total. The summed E-state index contributed by atoms with van der Waals surface area (Å²) in [7, 11) is 2.69. The molecule has 0 saturated carbocycles. The number of aromatic nitrogens is 1. The number of esters is 1. The molecule has 4 aromatic rings. The number of rotatable bonds is 10. The number of halogens is 2. The zero-order valence-corrected chi connectivity index (χ0v) is 23.1. The van der Waals surface area contributed by atoms with Crippen molar-refractivity contribution < 1.29 is 23.8 Å². The SMILES string of the molecule is COC(=O)COc1c(Cl)cc(/C=N\NC(=O)c2ccc(-c3csc(Nc4ccc(Cl)cc4)n3)cc2)cc1OC. The number of carbonyl (C=O) groups excluding carboxylic acids is 2. The molecule has 1 heterocycles. The van der Waals surface area contributed by atoms with E-state index in [0.717, 1.165) is 22.1 Å². The molecule has 0 radical (unpaired) electrons. The van der Waals surface area contributed by atoms with Crippen molar-refractivity contribution >= 4 is 63.4 Å². The molecule has 0 saturated heterocycles. The third-order valence-corrected chi connectivity index (χ3v) is 6.53. The van der Waals surface area contributed by atoms with Crippen LogP contribution < -0.4 is 20.2 Å². The lowest BCUT2D eigenvalue weighted by molar-refractivity contribution is -0.142. The average Bonchev–Trinajstić information content (AvgIpc) is 3.41. The summed E-state index contributed by atoms with van der Waals surface area (Å²) in [6.07, 6.45) is 1.41. The van der Waals surface area contributed by atoms with E-state index in [-0.39, 0.29) is 17.4 Å². The maximum atomic E-state index is 12.6. The number of ether oxygens (including phenoxy) is 3. The van der Waals surface area contributed by atoms with Gasteiger partial charge in [0.05, 0.1) is 31.2 Å². The van der Waals surface area contributed by atoms with Crippen LogP contribution in [-0.2, 0) is 9.53 Å². The van der Waals surface area contributed by atoms with Gasteiger partial charge in [-0.25, -0.2) is 15.2 Å². The second-order valence-corrected chi connectivity index (χ2v) is 9.55. The van der Waals surface area contributed by atoms with Crippen LogP contribution in [-0.4, -0.2) is 43.9 Å². The van der Waals surface area contributed by atoms with Crippen LogP contribution in [0.3, 0.4) is 0 Å². The van der Waals surface area contributed by atoms with Gasteiger partial charge in [0.25, 0.3) is 5.91 Å². The fraction of sp³-hybridized carbons (Fsp3) is 0.111. The van der Waals surface area contributed by atoms with Crippen LogP contribution in [0.2, 0.25) is 10.0 Å². The summed E-state index contributed by atoms with van der Waals surface area (Å²) in [5.74, 6) is -0.462. The fourth-order valence-electron chi connectivity index (χ4n) is 3.29. The molecule has 39 heavy (non-hydrogen) atoms. The number of benzene rings is 3. The summed E-state index contributed by atoms with van der Waals surface area (Å²) in [6.45, 7) is -0.321. The number of nitrogens with zero attached hydrogens (tertiary/aromatic N) is 2.